The van der Waals surface area contributed by atoms with Crippen molar-refractivity contribution < 1.29 is 24.2 Å². The number of nitrogens with one attached hydrogen (secondary N) is 3. The van der Waals surface area contributed by atoms with Gasteiger partial charge in [0.05, 0.1) is 28.3 Å². The van der Waals surface area contributed by atoms with Crippen molar-refractivity contribution in [2.24, 2.45) is 5.41 Å². The predicted molar refractivity (Wildman–Crippen MR) is 179 cm³/mol. The summed E-state index contributed by atoms with van der Waals surface area (Å²) in [4.78, 5) is 46.8. The number of benzene rings is 1. The molecule has 45 heavy (non-hydrogen) atoms. The number of unbranched alkanes of at least 4 members (excludes halogenated alkanes) is 2. The normalized spacial score (nSPS) is 19.5. The standard InChI is InChI=1S/C33H49N5O5S.ClH/c1-22-29(44-21-36-22)24-11-9-23(10-12-24)19-35-31(41)27-18-25(39)20-38(27)32(42)30(33(2,3)4)37-28(40)8-6-5-7-17-43-26-13-15-34-16-14-26;/h9-12,21,25-27,30,34,39H,5-8,13-20H2,1-4H3,(H,35,41)(H,37,40);1H/t25-,27+,30-;/m1./s1. The molecule has 3 amide bonds. The molecular formula is C33H50ClN5O5S. The molecule has 250 valence electrons. The van der Waals surface area contributed by atoms with Crippen LogP contribution in [0.1, 0.15) is 77.0 Å². The third kappa shape index (κ3) is 10.7. The van der Waals surface area contributed by atoms with Gasteiger partial charge in [-0.15, -0.1) is 23.7 Å². The van der Waals surface area contributed by atoms with E-state index >= 15 is 0 Å². The lowest BCUT2D eigenvalue weighted by Crippen LogP contribution is -2.57. The fraction of sp³-hybridized carbons (Fsp3) is 0.636. The third-order valence-corrected chi connectivity index (χ3v) is 9.38. The van der Waals surface area contributed by atoms with Gasteiger partial charge in [0.2, 0.25) is 17.7 Å². The summed E-state index contributed by atoms with van der Waals surface area (Å²) >= 11 is 1.59. The van der Waals surface area contributed by atoms with Gasteiger partial charge in [-0.2, -0.15) is 0 Å². The maximum absolute atomic E-state index is 13.8. The summed E-state index contributed by atoms with van der Waals surface area (Å²) in [6, 6.07) is 6.33. The SMILES string of the molecule is Cc1ncsc1-c1ccc(CNC(=O)[C@@H]2C[C@@H](O)CN2C(=O)[C@@H](NC(=O)CCCCCOC2CCNCC2)C(C)(C)C)cc1.Cl. The highest BCUT2D eigenvalue weighted by molar-refractivity contribution is 7.13. The second-order valence-electron chi connectivity index (χ2n) is 13.1. The van der Waals surface area contributed by atoms with E-state index in [2.05, 4.69) is 20.9 Å². The van der Waals surface area contributed by atoms with Gasteiger partial charge in [0.25, 0.3) is 0 Å². The van der Waals surface area contributed by atoms with Gasteiger partial charge in [-0.3, -0.25) is 14.4 Å². The molecule has 3 heterocycles. The van der Waals surface area contributed by atoms with Gasteiger partial charge in [-0.1, -0.05) is 51.5 Å². The van der Waals surface area contributed by atoms with Crippen LogP contribution in [0.5, 0.6) is 0 Å². The minimum atomic E-state index is -0.818. The summed E-state index contributed by atoms with van der Waals surface area (Å²) < 4.78 is 5.94. The molecule has 2 saturated heterocycles. The average molecular weight is 664 g/mol. The number of halogens is 1. The number of aromatic nitrogens is 1. The Balaban J connectivity index is 0.00000552. The molecule has 0 radical (unpaired) electrons. The smallest absolute Gasteiger partial charge is 0.246 e. The van der Waals surface area contributed by atoms with Gasteiger partial charge < -0.3 is 30.7 Å². The number of aliphatic hydroxyl groups is 1. The Kier molecular flexibility index (Phi) is 14.2. The number of aliphatic hydroxyl groups excluding tert-OH is 1. The van der Waals surface area contributed by atoms with Crippen molar-refractivity contribution in [2.75, 3.05) is 26.2 Å². The molecular weight excluding hydrogens is 614 g/mol. The summed E-state index contributed by atoms with van der Waals surface area (Å²) in [5.41, 5.74) is 4.23. The van der Waals surface area contributed by atoms with E-state index in [1.807, 2.05) is 57.5 Å². The Labute approximate surface area is 277 Å². The summed E-state index contributed by atoms with van der Waals surface area (Å²) in [5, 5.41) is 19.7. The Morgan fingerprint density at radius 1 is 1.13 bits per heavy atom. The molecule has 0 spiro atoms. The van der Waals surface area contributed by atoms with Crippen molar-refractivity contribution >= 4 is 41.5 Å². The maximum atomic E-state index is 13.8. The molecule has 4 N–H and O–H groups in total. The van der Waals surface area contributed by atoms with E-state index in [1.165, 1.54) is 4.90 Å². The van der Waals surface area contributed by atoms with Crippen molar-refractivity contribution in [3.63, 3.8) is 0 Å². The van der Waals surface area contributed by atoms with E-state index in [4.69, 9.17) is 4.74 Å². The molecule has 10 nitrogen and oxygen atoms in total. The molecule has 4 rings (SSSR count). The number of ether oxygens (including phenoxy) is 1. The fourth-order valence-corrected chi connectivity index (χ4v) is 6.60. The molecule has 1 aromatic carbocycles. The zero-order chi connectivity index (χ0) is 31.7. The monoisotopic (exact) mass is 663 g/mol. The predicted octanol–water partition coefficient (Wildman–Crippen LogP) is 3.98. The Hall–Kier alpha value is -2.57. The lowest BCUT2D eigenvalue weighted by atomic mass is 9.85. The lowest BCUT2D eigenvalue weighted by Gasteiger charge is -2.35. The second kappa shape index (κ2) is 17.4. The van der Waals surface area contributed by atoms with E-state index in [0.717, 1.165) is 60.5 Å². The van der Waals surface area contributed by atoms with Crippen LogP contribution < -0.4 is 16.0 Å². The molecule has 12 heteroatoms. The first-order chi connectivity index (χ1) is 21.0. The summed E-state index contributed by atoms with van der Waals surface area (Å²) in [6.07, 6.45) is 4.58. The largest absolute Gasteiger partial charge is 0.391 e. The van der Waals surface area contributed by atoms with Crippen molar-refractivity contribution in [3.05, 3.63) is 41.0 Å². The van der Waals surface area contributed by atoms with Crippen LogP contribution in [0.4, 0.5) is 0 Å². The quantitative estimate of drug-likeness (QED) is 0.238. The average Bonchev–Trinajstić information content (AvgIpc) is 3.61. The number of hydrogen-bond acceptors (Lipinski definition) is 8. The molecule has 0 saturated carbocycles. The minimum Gasteiger partial charge on any atom is -0.391 e. The lowest BCUT2D eigenvalue weighted by molar-refractivity contribution is -0.144. The maximum Gasteiger partial charge on any atom is 0.246 e. The summed E-state index contributed by atoms with van der Waals surface area (Å²) in [7, 11) is 0. The second-order valence-corrected chi connectivity index (χ2v) is 13.9. The number of amides is 3. The van der Waals surface area contributed by atoms with Crippen LogP contribution in [-0.2, 0) is 25.7 Å². The van der Waals surface area contributed by atoms with Crippen molar-refractivity contribution in [1.82, 2.24) is 25.8 Å². The number of thiazole rings is 1. The number of likely N-dealkylation sites (tertiary alicyclic amines) is 1. The number of piperidine rings is 1. The van der Waals surface area contributed by atoms with Crippen molar-refractivity contribution in [3.8, 4) is 10.4 Å². The number of hydrogen-bond donors (Lipinski definition) is 4. The van der Waals surface area contributed by atoms with Gasteiger partial charge in [0.15, 0.2) is 0 Å². The molecule has 2 fully saturated rings. The van der Waals surface area contributed by atoms with Gasteiger partial charge in [-0.25, -0.2) is 4.98 Å². The number of carbonyl (C=O) groups excluding carboxylic acids is 3. The number of β-amino-alcohol motifs (C(OH)–C–C–N with tert-alkyl or cyclic N) is 1. The van der Waals surface area contributed by atoms with E-state index in [0.29, 0.717) is 32.1 Å². The highest BCUT2D eigenvalue weighted by atomic mass is 35.5. The Morgan fingerprint density at radius 2 is 1.84 bits per heavy atom. The van der Waals surface area contributed by atoms with Crippen LogP contribution in [0, 0.1) is 12.3 Å². The van der Waals surface area contributed by atoms with Crippen LogP contribution in [0.25, 0.3) is 10.4 Å². The van der Waals surface area contributed by atoms with E-state index in [9.17, 15) is 19.5 Å². The Morgan fingerprint density at radius 3 is 2.49 bits per heavy atom. The zero-order valence-electron chi connectivity index (χ0n) is 27.0. The van der Waals surface area contributed by atoms with E-state index in [-0.39, 0.29) is 43.1 Å². The molecule has 2 aliphatic heterocycles. The highest BCUT2D eigenvalue weighted by Crippen LogP contribution is 2.28. The van der Waals surface area contributed by atoms with Crippen LogP contribution in [0.3, 0.4) is 0 Å². The number of rotatable bonds is 13. The first-order valence-corrected chi connectivity index (χ1v) is 16.8. The van der Waals surface area contributed by atoms with Crippen LogP contribution >= 0.6 is 23.7 Å². The van der Waals surface area contributed by atoms with E-state index in [1.54, 1.807) is 11.3 Å². The van der Waals surface area contributed by atoms with Crippen LogP contribution in [0.2, 0.25) is 0 Å². The van der Waals surface area contributed by atoms with Gasteiger partial charge in [-0.05, 0) is 62.2 Å². The minimum absolute atomic E-state index is 0. The first kappa shape index (κ1) is 36.9. The van der Waals surface area contributed by atoms with Gasteiger partial charge in [0, 0.05) is 32.5 Å². The summed E-state index contributed by atoms with van der Waals surface area (Å²) in [6.45, 7) is 10.7. The van der Waals surface area contributed by atoms with Gasteiger partial charge >= 0.3 is 0 Å². The number of nitrogens with zero attached hydrogens (tertiary/aromatic N) is 2. The molecule has 0 aliphatic carbocycles. The summed E-state index contributed by atoms with van der Waals surface area (Å²) in [5.74, 6) is -0.847. The zero-order valence-corrected chi connectivity index (χ0v) is 28.6. The Bertz CT molecular complexity index is 1240. The topological polar surface area (TPSA) is 133 Å². The number of carbonyl (C=O) groups is 3. The van der Waals surface area contributed by atoms with Gasteiger partial charge in [0.1, 0.15) is 12.1 Å². The van der Waals surface area contributed by atoms with Crippen molar-refractivity contribution in [1.29, 1.82) is 0 Å². The van der Waals surface area contributed by atoms with Crippen molar-refractivity contribution in [2.45, 2.75) is 103 Å². The highest BCUT2D eigenvalue weighted by Gasteiger charge is 2.44. The molecule has 0 unspecified atom stereocenters. The van der Waals surface area contributed by atoms with Crippen LogP contribution in [-0.4, -0.2) is 83.2 Å². The molecule has 2 aliphatic rings. The third-order valence-electron chi connectivity index (χ3n) is 8.40. The first-order valence-electron chi connectivity index (χ1n) is 15.9. The molecule has 2 aromatic rings. The molecule has 0 bridgehead atoms. The molecule has 1 aromatic heterocycles. The molecule has 3 atom stereocenters. The van der Waals surface area contributed by atoms with Crippen LogP contribution in [0.15, 0.2) is 29.8 Å². The van der Waals surface area contributed by atoms with E-state index < -0.39 is 23.6 Å². The number of aryl methyl sites for hydroxylation is 1. The fourth-order valence-electron chi connectivity index (χ4n) is 5.79.